The maximum absolute atomic E-state index is 10.7. The molecule has 1 aliphatic rings. The van der Waals surface area contributed by atoms with Gasteiger partial charge in [-0.2, -0.15) is 0 Å². The second kappa shape index (κ2) is 2.69. The molecule has 2 unspecified atom stereocenters. The molecule has 1 amide bonds. The van der Waals surface area contributed by atoms with Gasteiger partial charge in [-0.3, -0.25) is 4.79 Å². The highest BCUT2D eigenvalue weighted by Crippen LogP contribution is 2.17. The van der Waals surface area contributed by atoms with Crippen LogP contribution in [-0.2, 0) is 4.79 Å². The Kier molecular flexibility index (Phi) is 1.90. The van der Waals surface area contributed by atoms with Gasteiger partial charge in [-0.05, 0) is 5.92 Å². The number of carbonyl (C=O) groups excluding carboxylic acids is 1. The maximum atomic E-state index is 10.7. The number of primary amides is 1. The minimum Gasteiger partial charge on any atom is -0.369 e. The van der Waals surface area contributed by atoms with E-state index in [2.05, 4.69) is 0 Å². The van der Waals surface area contributed by atoms with Crippen molar-refractivity contribution < 1.29 is 4.79 Å². The third-order valence-corrected chi connectivity index (χ3v) is 1.74. The van der Waals surface area contributed by atoms with E-state index in [1.807, 2.05) is 31.2 Å². The van der Waals surface area contributed by atoms with Gasteiger partial charge in [0.2, 0.25) is 5.91 Å². The first-order valence-electron chi connectivity index (χ1n) is 3.36. The summed E-state index contributed by atoms with van der Waals surface area (Å²) in [7, 11) is 0. The fourth-order valence-electron chi connectivity index (χ4n) is 1.07. The largest absolute Gasteiger partial charge is 0.369 e. The standard InChI is InChI=1S/C8H11NO/c1-6-4-2-3-5-7(6)8(9)10/h2-7H,1H3,(H2,9,10). The Bertz CT molecular complexity index is 193. The lowest BCUT2D eigenvalue weighted by Gasteiger charge is -2.15. The molecule has 1 rings (SSSR count). The summed E-state index contributed by atoms with van der Waals surface area (Å²) >= 11 is 0. The van der Waals surface area contributed by atoms with Gasteiger partial charge in [0.15, 0.2) is 0 Å². The van der Waals surface area contributed by atoms with Crippen LogP contribution in [0.1, 0.15) is 6.92 Å². The van der Waals surface area contributed by atoms with Crippen molar-refractivity contribution >= 4 is 5.91 Å². The zero-order valence-electron chi connectivity index (χ0n) is 5.95. The highest BCUT2D eigenvalue weighted by Gasteiger charge is 2.18. The van der Waals surface area contributed by atoms with E-state index >= 15 is 0 Å². The minimum absolute atomic E-state index is 0.106. The summed E-state index contributed by atoms with van der Waals surface area (Å²) in [5.41, 5.74) is 5.13. The summed E-state index contributed by atoms with van der Waals surface area (Å²) in [6.45, 7) is 1.98. The first-order chi connectivity index (χ1) is 4.72. The molecular formula is C8H11NO. The fraction of sp³-hybridized carbons (Fsp3) is 0.375. The number of carbonyl (C=O) groups is 1. The molecule has 2 heteroatoms. The molecule has 0 bridgehead atoms. The van der Waals surface area contributed by atoms with Crippen molar-refractivity contribution in [3.63, 3.8) is 0 Å². The predicted molar refractivity (Wildman–Crippen MR) is 40.1 cm³/mol. The smallest absolute Gasteiger partial charge is 0.224 e. The van der Waals surface area contributed by atoms with Crippen LogP contribution in [0, 0.1) is 11.8 Å². The van der Waals surface area contributed by atoms with Crippen LogP contribution >= 0.6 is 0 Å². The molecule has 2 nitrogen and oxygen atoms in total. The van der Waals surface area contributed by atoms with E-state index in [0.29, 0.717) is 0 Å². The van der Waals surface area contributed by atoms with Gasteiger partial charge in [0.25, 0.3) is 0 Å². The zero-order valence-corrected chi connectivity index (χ0v) is 5.95. The van der Waals surface area contributed by atoms with Gasteiger partial charge in [-0.15, -0.1) is 0 Å². The summed E-state index contributed by atoms with van der Waals surface area (Å²) in [6.07, 6.45) is 7.61. The summed E-state index contributed by atoms with van der Waals surface area (Å²) in [4.78, 5) is 10.7. The van der Waals surface area contributed by atoms with Crippen molar-refractivity contribution in [2.24, 2.45) is 17.6 Å². The molecule has 0 fully saturated rings. The van der Waals surface area contributed by atoms with Crippen LogP contribution in [0.2, 0.25) is 0 Å². The molecule has 0 aliphatic heterocycles. The topological polar surface area (TPSA) is 43.1 Å². The van der Waals surface area contributed by atoms with Crippen molar-refractivity contribution in [2.45, 2.75) is 6.92 Å². The molecule has 54 valence electrons. The van der Waals surface area contributed by atoms with E-state index in [1.165, 1.54) is 0 Å². The zero-order chi connectivity index (χ0) is 7.56. The van der Waals surface area contributed by atoms with Crippen molar-refractivity contribution in [1.82, 2.24) is 0 Å². The van der Waals surface area contributed by atoms with E-state index < -0.39 is 0 Å². The Morgan fingerprint density at radius 3 is 2.40 bits per heavy atom. The summed E-state index contributed by atoms with van der Waals surface area (Å²) in [5, 5.41) is 0. The maximum Gasteiger partial charge on any atom is 0.224 e. The second-order valence-electron chi connectivity index (χ2n) is 2.56. The quantitative estimate of drug-likeness (QED) is 0.572. The van der Waals surface area contributed by atoms with Crippen molar-refractivity contribution in [3.8, 4) is 0 Å². The van der Waals surface area contributed by atoms with Crippen LogP contribution < -0.4 is 5.73 Å². The number of amides is 1. The van der Waals surface area contributed by atoms with E-state index in [1.54, 1.807) is 0 Å². The Hall–Kier alpha value is -1.05. The lowest BCUT2D eigenvalue weighted by Crippen LogP contribution is -2.26. The van der Waals surface area contributed by atoms with Crippen molar-refractivity contribution in [1.29, 1.82) is 0 Å². The average molecular weight is 137 g/mol. The highest BCUT2D eigenvalue weighted by atomic mass is 16.1. The molecule has 0 radical (unpaired) electrons. The molecule has 0 saturated heterocycles. The Morgan fingerprint density at radius 2 is 2.00 bits per heavy atom. The lowest BCUT2D eigenvalue weighted by molar-refractivity contribution is -0.121. The van der Waals surface area contributed by atoms with Gasteiger partial charge >= 0.3 is 0 Å². The second-order valence-corrected chi connectivity index (χ2v) is 2.56. The highest BCUT2D eigenvalue weighted by molar-refractivity contribution is 5.79. The van der Waals surface area contributed by atoms with E-state index in [9.17, 15) is 4.79 Å². The molecule has 0 aromatic carbocycles. The third-order valence-electron chi connectivity index (χ3n) is 1.74. The molecule has 10 heavy (non-hydrogen) atoms. The molecule has 1 aliphatic carbocycles. The van der Waals surface area contributed by atoms with Crippen LogP contribution in [-0.4, -0.2) is 5.91 Å². The monoisotopic (exact) mass is 137 g/mol. The summed E-state index contributed by atoms with van der Waals surface area (Å²) in [5.74, 6) is -0.0967. The first-order valence-corrected chi connectivity index (χ1v) is 3.36. The SMILES string of the molecule is CC1C=CC=CC1C(N)=O. The Balaban J connectivity index is 2.70. The van der Waals surface area contributed by atoms with Gasteiger partial charge in [-0.1, -0.05) is 31.2 Å². The molecular weight excluding hydrogens is 126 g/mol. The molecule has 0 heterocycles. The number of allylic oxidation sites excluding steroid dienone is 3. The molecule has 0 saturated carbocycles. The Labute approximate surface area is 60.4 Å². The molecule has 0 spiro atoms. The van der Waals surface area contributed by atoms with Gasteiger partial charge in [0.1, 0.15) is 0 Å². The van der Waals surface area contributed by atoms with E-state index in [0.717, 1.165) is 0 Å². The fourth-order valence-corrected chi connectivity index (χ4v) is 1.07. The minimum atomic E-state index is -0.242. The molecule has 0 aromatic heterocycles. The number of hydrogen-bond acceptors (Lipinski definition) is 1. The van der Waals surface area contributed by atoms with Gasteiger partial charge in [-0.25, -0.2) is 0 Å². The van der Waals surface area contributed by atoms with Crippen LogP contribution in [0.15, 0.2) is 24.3 Å². The summed E-state index contributed by atoms with van der Waals surface area (Å²) < 4.78 is 0. The first kappa shape index (κ1) is 7.06. The molecule has 0 aromatic rings. The van der Waals surface area contributed by atoms with E-state index in [-0.39, 0.29) is 17.7 Å². The van der Waals surface area contributed by atoms with Crippen LogP contribution in [0.4, 0.5) is 0 Å². The third kappa shape index (κ3) is 1.26. The predicted octanol–water partition coefficient (Wildman–Crippen LogP) is 0.850. The molecule has 2 atom stereocenters. The van der Waals surface area contributed by atoms with Crippen LogP contribution in [0.5, 0.6) is 0 Å². The van der Waals surface area contributed by atoms with Crippen molar-refractivity contribution in [2.75, 3.05) is 0 Å². The number of hydrogen-bond donors (Lipinski definition) is 1. The summed E-state index contributed by atoms with van der Waals surface area (Å²) in [6, 6.07) is 0. The van der Waals surface area contributed by atoms with Crippen molar-refractivity contribution in [3.05, 3.63) is 24.3 Å². The van der Waals surface area contributed by atoms with Crippen LogP contribution in [0.25, 0.3) is 0 Å². The average Bonchev–Trinajstić information content (AvgIpc) is 1.88. The Morgan fingerprint density at radius 1 is 1.40 bits per heavy atom. The van der Waals surface area contributed by atoms with Gasteiger partial charge in [0, 0.05) is 0 Å². The number of nitrogens with two attached hydrogens (primary N) is 1. The van der Waals surface area contributed by atoms with E-state index in [4.69, 9.17) is 5.73 Å². The van der Waals surface area contributed by atoms with Gasteiger partial charge < -0.3 is 5.73 Å². The van der Waals surface area contributed by atoms with Crippen LogP contribution in [0.3, 0.4) is 0 Å². The van der Waals surface area contributed by atoms with Gasteiger partial charge in [0.05, 0.1) is 5.92 Å². The normalized spacial score (nSPS) is 30.5. The lowest BCUT2D eigenvalue weighted by atomic mass is 9.90. The number of rotatable bonds is 1. The molecule has 2 N–H and O–H groups in total.